The zero-order valence-electron chi connectivity index (χ0n) is 10.2. The van der Waals surface area contributed by atoms with Crippen molar-refractivity contribution in [3.05, 3.63) is 15.6 Å². The molecular formula is C11H14N2O4S. The van der Waals surface area contributed by atoms with Gasteiger partial charge in [-0.3, -0.25) is 4.79 Å². The molecule has 0 aromatic carbocycles. The largest absolute Gasteiger partial charge is 0.476 e. The van der Waals surface area contributed by atoms with Crippen LogP contribution in [-0.2, 0) is 4.74 Å². The molecule has 1 aromatic rings. The molecule has 1 saturated heterocycles. The van der Waals surface area contributed by atoms with Gasteiger partial charge in [0.05, 0.1) is 6.61 Å². The average Bonchev–Trinajstić information content (AvgIpc) is 2.73. The first-order valence-corrected chi connectivity index (χ1v) is 6.35. The van der Waals surface area contributed by atoms with Crippen LogP contribution in [0.1, 0.15) is 38.2 Å². The molecule has 0 spiro atoms. The van der Waals surface area contributed by atoms with E-state index < -0.39 is 5.97 Å². The Hall–Kier alpha value is -1.31. The fourth-order valence-corrected chi connectivity index (χ4v) is 2.78. The van der Waals surface area contributed by atoms with E-state index in [4.69, 9.17) is 9.84 Å². The van der Waals surface area contributed by atoms with Crippen LogP contribution in [0, 0.1) is 0 Å². The molecule has 1 fully saturated rings. The molecule has 0 radical (unpaired) electrons. The molecule has 0 aliphatic carbocycles. The number of thiazole rings is 1. The van der Waals surface area contributed by atoms with E-state index in [0.29, 0.717) is 18.2 Å². The van der Waals surface area contributed by atoms with E-state index in [1.165, 1.54) is 6.92 Å². The molecule has 0 bridgehead atoms. The van der Waals surface area contributed by atoms with Crippen molar-refractivity contribution in [3.63, 3.8) is 0 Å². The number of ether oxygens (including phenoxy) is 1. The van der Waals surface area contributed by atoms with Crippen molar-refractivity contribution in [1.29, 1.82) is 0 Å². The van der Waals surface area contributed by atoms with Gasteiger partial charge in [0.25, 0.3) is 0 Å². The van der Waals surface area contributed by atoms with E-state index in [0.717, 1.165) is 17.9 Å². The highest BCUT2D eigenvalue weighted by molar-refractivity contribution is 7.14. The quantitative estimate of drug-likeness (QED) is 0.827. The Labute approximate surface area is 108 Å². The molecule has 0 saturated carbocycles. The van der Waals surface area contributed by atoms with E-state index in [9.17, 15) is 9.59 Å². The number of ketones is 1. The summed E-state index contributed by atoms with van der Waals surface area (Å²) >= 11 is 1.11. The highest BCUT2D eigenvalue weighted by atomic mass is 32.1. The number of carbonyl (C=O) groups is 2. The van der Waals surface area contributed by atoms with E-state index >= 15 is 0 Å². The smallest absolute Gasteiger partial charge is 0.356 e. The summed E-state index contributed by atoms with van der Waals surface area (Å²) in [5, 5.41) is 9.58. The van der Waals surface area contributed by atoms with Crippen molar-refractivity contribution in [2.75, 3.05) is 26.7 Å². The van der Waals surface area contributed by atoms with E-state index in [-0.39, 0.29) is 22.5 Å². The summed E-state index contributed by atoms with van der Waals surface area (Å²) in [6.45, 7) is 3.42. The van der Waals surface area contributed by atoms with Crippen molar-refractivity contribution in [2.24, 2.45) is 0 Å². The number of Topliss-reactive ketones (excluding diaryl/α,β-unsaturated/α-hetero) is 1. The third-order valence-electron chi connectivity index (χ3n) is 2.71. The fraction of sp³-hybridized carbons (Fsp3) is 0.545. The van der Waals surface area contributed by atoms with Crippen LogP contribution in [0.4, 0.5) is 0 Å². The normalized spacial score (nSPS) is 20.9. The third kappa shape index (κ3) is 2.58. The van der Waals surface area contributed by atoms with Gasteiger partial charge in [-0.05, 0) is 7.05 Å². The third-order valence-corrected chi connectivity index (χ3v) is 3.96. The number of rotatable bonds is 3. The van der Waals surface area contributed by atoms with Crippen LogP contribution >= 0.6 is 11.3 Å². The minimum Gasteiger partial charge on any atom is -0.476 e. The maximum absolute atomic E-state index is 11.4. The Morgan fingerprint density at radius 2 is 2.28 bits per heavy atom. The molecule has 6 nitrogen and oxygen atoms in total. The molecule has 98 valence electrons. The molecule has 1 atom stereocenters. The van der Waals surface area contributed by atoms with Crippen LogP contribution in [0.25, 0.3) is 0 Å². The maximum atomic E-state index is 11.4. The van der Waals surface area contributed by atoms with Gasteiger partial charge >= 0.3 is 5.97 Å². The summed E-state index contributed by atoms with van der Waals surface area (Å²) in [5.41, 5.74) is -0.167. The zero-order valence-corrected chi connectivity index (χ0v) is 11.0. The van der Waals surface area contributed by atoms with Gasteiger partial charge in [0.2, 0.25) is 0 Å². The second kappa shape index (κ2) is 5.13. The minimum absolute atomic E-state index is 0.167. The minimum atomic E-state index is -1.17. The number of hydrogen-bond acceptors (Lipinski definition) is 6. The van der Waals surface area contributed by atoms with Crippen molar-refractivity contribution in [2.45, 2.75) is 13.0 Å². The number of hydrogen-bond donors (Lipinski definition) is 1. The predicted octanol–water partition coefficient (Wildman–Crippen LogP) is 1.05. The summed E-state index contributed by atoms with van der Waals surface area (Å²) < 4.78 is 5.56. The van der Waals surface area contributed by atoms with Gasteiger partial charge in [-0.15, -0.1) is 11.3 Å². The molecule has 1 aliphatic heterocycles. The number of likely N-dealkylation sites (N-methyl/N-ethyl adjacent to an activating group) is 1. The number of carbonyl (C=O) groups excluding carboxylic acids is 1. The first kappa shape index (κ1) is 13.1. The van der Waals surface area contributed by atoms with Gasteiger partial charge in [-0.25, -0.2) is 9.78 Å². The topological polar surface area (TPSA) is 79.7 Å². The lowest BCUT2D eigenvalue weighted by Crippen LogP contribution is -2.35. The molecule has 1 N–H and O–H groups in total. The average molecular weight is 270 g/mol. The van der Waals surface area contributed by atoms with Crippen molar-refractivity contribution in [1.82, 2.24) is 9.88 Å². The Kier molecular flexibility index (Phi) is 3.74. The standard InChI is InChI=1S/C11H14N2O4S/c1-6(14)9-8(11(15)16)12-10(18-9)7-5-13(2)3-4-17-7/h7H,3-5H2,1-2H3,(H,15,16). The van der Waals surface area contributed by atoms with Gasteiger partial charge in [-0.1, -0.05) is 0 Å². The molecular weight excluding hydrogens is 256 g/mol. The van der Waals surface area contributed by atoms with Crippen LogP contribution < -0.4 is 0 Å². The van der Waals surface area contributed by atoms with Gasteiger partial charge < -0.3 is 14.7 Å². The lowest BCUT2D eigenvalue weighted by atomic mass is 10.3. The highest BCUT2D eigenvalue weighted by Crippen LogP contribution is 2.28. The van der Waals surface area contributed by atoms with E-state index in [2.05, 4.69) is 9.88 Å². The summed E-state index contributed by atoms with van der Waals surface area (Å²) in [6, 6.07) is 0. The molecule has 0 amide bonds. The van der Waals surface area contributed by atoms with Gasteiger partial charge in [0, 0.05) is 20.0 Å². The lowest BCUT2D eigenvalue weighted by Gasteiger charge is -2.28. The fourth-order valence-electron chi connectivity index (χ4n) is 1.79. The molecule has 18 heavy (non-hydrogen) atoms. The van der Waals surface area contributed by atoms with Crippen molar-refractivity contribution >= 4 is 23.1 Å². The second-order valence-electron chi connectivity index (χ2n) is 4.21. The monoisotopic (exact) mass is 270 g/mol. The van der Waals surface area contributed by atoms with Crippen LogP contribution in [0.15, 0.2) is 0 Å². The molecule has 2 heterocycles. The number of aromatic carboxylic acids is 1. The van der Waals surface area contributed by atoms with Crippen molar-refractivity contribution < 1.29 is 19.4 Å². The summed E-state index contributed by atoms with van der Waals surface area (Å²) in [5.74, 6) is -1.45. The summed E-state index contributed by atoms with van der Waals surface area (Å²) in [6.07, 6.45) is -0.250. The Morgan fingerprint density at radius 3 is 2.78 bits per heavy atom. The number of aromatic nitrogens is 1. The zero-order chi connectivity index (χ0) is 13.3. The SMILES string of the molecule is CC(=O)c1sc(C2CN(C)CCO2)nc1C(=O)O. The van der Waals surface area contributed by atoms with E-state index in [1.807, 2.05) is 7.05 Å². The molecule has 2 rings (SSSR count). The second-order valence-corrected chi connectivity index (χ2v) is 5.24. The number of nitrogens with zero attached hydrogens (tertiary/aromatic N) is 2. The lowest BCUT2D eigenvalue weighted by molar-refractivity contribution is -0.0210. The van der Waals surface area contributed by atoms with Crippen LogP contribution in [0.3, 0.4) is 0 Å². The van der Waals surface area contributed by atoms with Crippen LogP contribution in [0.5, 0.6) is 0 Å². The number of morpholine rings is 1. The summed E-state index contributed by atoms with van der Waals surface area (Å²) in [4.78, 5) is 28.7. The molecule has 1 aliphatic rings. The van der Waals surface area contributed by atoms with Gasteiger partial charge in [-0.2, -0.15) is 0 Å². The van der Waals surface area contributed by atoms with Gasteiger partial charge in [0.15, 0.2) is 11.5 Å². The van der Waals surface area contributed by atoms with Crippen LogP contribution in [0.2, 0.25) is 0 Å². The Bertz CT molecular complexity index is 454. The first-order chi connectivity index (χ1) is 8.49. The molecule has 1 aromatic heterocycles. The summed E-state index contributed by atoms with van der Waals surface area (Å²) in [7, 11) is 1.97. The maximum Gasteiger partial charge on any atom is 0.356 e. The molecule has 1 unspecified atom stereocenters. The first-order valence-electron chi connectivity index (χ1n) is 5.54. The highest BCUT2D eigenvalue weighted by Gasteiger charge is 2.27. The number of carboxylic acid groups (broad SMARTS) is 1. The van der Waals surface area contributed by atoms with E-state index in [1.54, 1.807) is 0 Å². The number of carboxylic acids is 1. The predicted molar refractivity (Wildman–Crippen MR) is 65.3 cm³/mol. The Morgan fingerprint density at radius 1 is 1.56 bits per heavy atom. The van der Waals surface area contributed by atoms with Crippen molar-refractivity contribution in [3.8, 4) is 0 Å². The van der Waals surface area contributed by atoms with Crippen LogP contribution in [-0.4, -0.2) is 53.5 Å². The molecule has 7 heteroatoms. The van der Waals surface area contributed by atoms with Gasteiger partial charge in [0.1, 0.15) is 16.0 Å². The Balaban J connectivity index is 2.31.